The summed E-state index contributed by atoms with van der Waals surface area (Å²) < 4.78 is 13.4. The van der Waals surface area contributed by atoms with Crippen LogP contribution in [0.5, 0.6) is 0 Å². The molecule has 0 radical (unpaired) electrons. The first-order valence-corrected chi connectivity index (χ1v) is 5.24. The normalized spacial score (nSPS) is 10.1. The van der Waals surface area contributed by atoms with Crippen molar-refractivity contribution in [1.82, 2.24) is 5.32 Å². The number of hydrogen-bond acceptors (Lipinski definition) is 2. The van der Waals surface area contributed by atoms with Crippen LogP contribution in [0.2, 0.25) is 0 Å². The quantitative estimate of drug-likeness (QED) is 0.886. The molecule has 15 heavy (non-hydrogen) atoms. The number of carbonyl (C=O) groups is 1. The van der Waals surface area contributed by atoms with Gasteiger partial charge in [-0.3, -0.25) is 4.79 Å². The van der Waals surface area contributed by atoms with E-state index in [9.17, 15) is 9.18 Å². The number of carbonyl (C=O) groups excluding carboxylic acids is 1. The van der Waals surface area contributed by atoms with Crippen molar-refractivity contribution in [1.29, 1.82) is 0 Å². The first kappa shape index (κ1) is 12.1. The van der Waals surface area contributed by atoms with Crippen LogP contribution < -0.4 is 10.6 Å². The molecule has 2 N–H and O–H groups in total. The minimum Gasteiger partial charge on any atom is -0.325 e. The average Bonchev–Trinajstić information content (AvgIpc) is 2.14. The van der Waals surface area contributed by atoms with Gasteiger partial charge in [0, 0.05) is 5.69 Å². The molecule has 0 aliphatic rings. The topological polar surface area (TPSA) is 41.1 Å². The Morgan fingerprint density at radius 3 is 2.80 bits per heavy atom. The van der Waals surface area contributed by atoms with Gasteiger partial charge in [0.05, 0.1) is 11.0 Å². The van der Waals surface area contributed by atoms with Gasteiger partial charge in [-0.2, -0.15) is 0 Å². The molecule has 0 saturated heterocycles. The van der Waals surface area contributed by atoms with Crippen LogP contribution in [0.25, 0.3) is 0 Å². The van der Waals surface area contributed by atoms with Gasteiger partial charge >= 0.3 is 0 Å². The average molecular weight is 275 g/mol. The van der Waals surface area contributed by atoms with Crippen LogP contribution >= 0.6 is 15.9 Å². The molecule has 1 rings (SSSR count). The molecule has 0 atom stereocenters. The highest BCUT2D eigenvalue weighted by molar-refractivity contribution is 9.10. The summed E-state index contributed by atoms with van der Waals surface area (Å²) in [6.07, 6.45) is 0. The number of benzene rings is 1. The van der Waals surface area contributed by atoms with E-state index in [4.69, 9.17) is 0 Å². The molecule has 0 heterocycles. The smallest absolute Gasteiger partial charge is 0.238 e. The maximum atomic E-state index is 13.1. The van der Waals surface area contributed by atoms with Gasteiger partial charge in [-0.05, 0) is 47.6 Å². The van der Waals surface area contributed by atoms with E-state index in [1.54, 1.807) is 20.0 Å². The zero-order valence-corrected chi connectivity index (χ0v) is 10.1. The molecule has 1 amide bonds. The van der Waals surface area contributed by atoms with Gasteiger partial charge in [-0.1, -0.05) is 0 Å². The van der Waals surface area contributed by atoms with Crippen molar-refractivity contribution in [2.45, 2.75) is 6.92 Å². The van der Waals surface area contributed by atoms with E-state index in [1.807, 2.05) is 0 Å². The molecule has 0 aliphatic carbocycles. The van der Waals surface area contributed by atoms with E-state index < -0.39 is 0 Å². The van der Waals surface area contributed by atoms with Gasteiger partial charge in [0.25, 0.3) is 0 Å². The lowest BCUT2D eigenvalue weighted by molar-refractivity contribution is -0.115. The Labute approximate surface area is 96.2 Å². The van der Waals surface area contributed by atoms with Crippen molar-refractivity contribution in [2.75, 3.05) is 18.9 Å². The number of anilines is 1. The largest absolute Gasteiger partial charge is 0.325 e. The highest BCUT2D eigenvalue weighted by atomic mass is 79.9. The number of rotatable bonds is 3. The number of halogens is 2. The zero-order valence-electron chi connectivity index (χ0n) is 8.53. The molecular weight excluding hydrogens is 263 g/mol. The van der Waals surface area contributed by atoms with Crippen molar-refractivity contribution in [3.8, 4) is 0 Å². The highest BCUT2D eigenvalue weighted by Crippen LogP contribution is 2.23. The Bertz CT molecular complexity index is 382. The van der Waals surface area contributed by atoms with Crippen LogP contribution in [0, 0.1) is 12.7 Å². The van der Waals surface area contributed by atoms with Crippen molar-refractivity contribution in [2.24, 2.45) is 0 Å². The Morgan fingerprint density at radius 2 is 2.20 bits per heavy atom. The standard InChI is InChI=1S/C10H12BrFN2O/c1-6-3-8(12)7(11)4-9(6)14-10(15)5-13-2/h3-4,13H,5H2,1-2H3,(H,14,15). The Kier molecular flexibility index (Phi) is 4.23. The van der Waals surface area contributed by atoms with Crippen molar-refractivity contribution in [3.63, 3.8) is 0 Å². The Morgan fingerprint density at radius 1 is 1.53 bits per heavy atom. The molecule has 0 spiro atoms. The van der Waals surface area contributed by atoms with Gasteiger partial charge in [-0.15, -0.1) is 0 Å². The molecule has 0 aromatic heterocycles. The second-order valence-corrected chi connectivity index (χ2v) is 4.01. The zero-order chi connectivity index (χ0) is 11.4. The van der Waals surface area contributed by atoms with Gasteiger partial charge in [-0.25, -0.2) is 4.39 Å². The molecule has 3 nitrogen and oxygen atoms in total. The lowest BCUT2D eigenvalue weighted by atomic mass is 10.2. The third-order valence-corrected chi connectivity index (χ3v) is 2.49. The molecule has 5 heteroatoms. The fraction of sp³-hybridized carbons (Fsp3) is 0.300. The molecule has 82 valence electrons. The van der Waals surface area contributed by atoms with Gasteiger partial charge in [0.2, 0.25) is 5.91 Å². The summed E-state index contributed by atoms with van der Waals surface area (Å²) in [7, 11) is 1.69. The van der Waals surface area contributed by atoms with Crippen LogP contribution in [-0.2, 0) is 4.79 Å². The fourth-order valence-corrected chi connectivity index (χ4v) is 1.48. The molecular formula is C10H12BrFN2O. The monoisotopic (exact) mass is 274 g/mol. The first-order chi connectivity index (χ1) is 7.04. The van der Waals surface area contributed by atoms with Crippen LogP contribution in [0.15, 0.2) is 16.6 Å². The first-order valence-electron chi connectivity index (χ1n) is 4.44. The van der Waals surface area contributed by atoms with Gasteiger partial charge < -0.3 is 10.6 Å². The van der Waals surface area contributed by atoms with E-state index in [0.29, 0.717) is 15.7 Å². The second-order valence-electron chi connectivity index (χ2n) is 3.16. The van der Waals surface area contributed by atoms with Crippen LogP contribution in [-0.4, -0.2) is 19.5 Å². The van der Waals surface area contributed by atoms with Crippen molar-refractivity contribution in [3.05, 3.63) is 28.0 Å². The van der Waals surface area contributed by atoms with Gasteiger partial charge in [0.15, 0.2) is 0 Å². The number of likely N-dealkylation sites (N-methyl/N-ethyl adjacent to an activating group) is 1. The summed E-state index contributed by atoms with van der Waals surface area (Å²) in [4.78, 5) is 11.3. The van der Waals surface area contributed by atoms with E-state index >= 15 is 0 Å². The van der Waals surface area contributed by atoms with Crippen LogP contribution in [0.4, 0.5) is 10.1 Å². The molecule has 0 bridgehead atoms. The van der Waals surface area contributed by atoms with Crippen molar-refractivity contribution >= 4 is 27.5 Å². The minimum atomic E-state index is -0.334. The number of aryl methyl sites for hydroxylation is 1. The lowest BCUT2D eigenvalue weighted by Gasteiger charge is -2.09. The summed E-state index contributed by atoms with van der Waals surface area (Å²) in [6, 6.07) is 2.93. The maximum absolute atomic E-state index is 13.1. The summed E-state index contributed by atoms with van der Waals surface area (Å²) in [5, 5.41) is 5.42. The highest BCUT2D eigenvalue weighted by Gasteiger charge is 2.07. The summed E-state index contributed by atoms with van der Waals surface area (Å²) >= 11 is 3.07. The molecule has 1 aromatic rings. The molecule has 0 aliphatic heterocycles. The SMILES string of the molecule is CNCC(=O)Nc1cc(Br)c(F)cc1C. The van der Waals surface area contributed by atoms with E-state index in [1.165, 1.54) is 6.07 Å². The number of amides is 1. The van der Waals surface area contributed by atoms with Gasteiger partial charge in [0.1, 0.15) is 5.82 Å². The van der Waals surface area contributed by atoms with Crippen molar-refractivity contribution < 1.29 is 9.18 Å². The maximum Gasteiger partial charge on any atom is 0.238 e. The third-order valence-electron chi connectivity index (χ3n) is 1.88. The van der Waals surface area contributed by atoms with E-state index in [-0.39, 0.29) is 18.3 Å². The lowest BCUT2D eigenvalue weighted by Crippen LogP contribution is -2.25. The number of hydrogen-bond donors (Lipinski definition) is 2. The summed E-state index contributed by atoms with van der Waals surface area (Å²) in [5.41, 5.74) is 1.31. The molecule has 0 saturated carbocycles. The van der Waals surface area contributed by atoms with E-state index in [0.717, 1.165) is 0 Å². The van der Waals surface area contributed by atoms with Crippen LogP contribution in [0.1, 0.15) is 5.56 Å². The fourth-order valence-electron chi connectivity index (χ4n) is 1.14. The second kappa shape index (κ2) is 5.23. The predicted octanol–water partition coefficient (Wildman–Crippen LogP) is 2.05. The van der Waals surface area contributed by atoms with E-state index in [2.05, 4.69) is 26.6 Å². The minimum absolute atomic E-state index is 0.154. The van der Waals surface area contributed by atoms with Crippen LogP contribution in [0.3, 0.4) is 0 Å². The molecule has 1 aromatic carbocycles. The molecule has 0 unspecified atom stereocenters. The number of nitrogens with one attached hydrogen (secondary N) is 2. The summed E-state index contributed by atoms with van der Waals surface area (Å²) in [6.45, 7) is 1.97. The third kappa shape index (κ3) is 3.28. The Hall–Kier alpha value is -0.940. The predicted molar refractivity (Wildman–Crippen MR) is 61.4 cm³/mol. The summed E-state index contributed by atoms with van der Waals surface area (Å²) in [5.74, 6) is -0.488. The molecule has 0 fully saturated rings. The Balaban J connectivity index is 2.86.